The molecule has 2 atom stereocenters. The van der Waals surface area contributed by atoms with E-state index in [1.807, 2.05) is 0 Å². The molecule has 0 fully saturated rings. The van der Waals surface area contributed by atoms with Gasteiger partial charge in [0.05, 0.1) is 0 Å². The predicted octanol–water partition coefficient (Wildman–Crippen LogP) is 2.28. The van der Waals surface area contributed by atoms with E-state index >= 15 is 0 Å². The van der Waals surface area contributed by atoms with Crippen molar-refractivity contribution in [3.8, 4) is 0 Å². The monoisotopic (exact) mass is 200 g/mol. The van der Waals surface area contributed by atoms with E-state index in [-0.39, 0.29) is 18.1 Å². The van der Waals surface area contributed by atoms with E-state index in [1.54, 1.807) is 6.92 Å². The summed E-state index contributed by atoms with van der Waals surface area (Å²) in [6.07, 6.45) is -1.24. The molecule has 0 amide bonds. The van der Waals surface area contributed by atoms with Crippen LogP contribution in [0.1, 0.15) is 26.2 Å². The zero-order valence-electron chi connectivity index (χ0n) is 7.00. The zero-order valence-corrected chi connectivity index (χ0v) is 7.82. The van der Waals surface area contributed by atoms with Crippen molar-refractivity contribution in [2.24, 2.45) is 5.92 Å². The standard InChI is InChI=1S/C7H14F2O2S/c1-6(5-7(8)9)3-2-4-12(10)11/h6-7H,2-5H2,1H3,(H,10,11). The Kier molecular flexibility index (Phi) is 6.47. The second-order valence-corrected chi connectivity index (χ2v) is 3.95. The maximum atomic E-state index is 11.8. The second kappa shape index (κ2) is 6.48. The van der Waals surface area contributed by atoms with Crippen LogP contribution >= 0.6 is 0 Å². The van der Waals surface area contributed by atoms with Crippen LogP contribution in [0.3, 0.4) is 0 Å². The smallest absolute Gasteiger partial charge is 0.238 e. The largest absolute Gasteiger partial charge is 0.306 e. The number of rotatable bonds is 6. The fraction of sp³-hybridized carbons (Fsp3) is 1.00. The third-order valence-electron chi connectivity index (χ3n) is 1.60. The van der Waals surface area contributed by atoms with Crippen LogP contribution in [0.25, 0.3) is 0 Å². The molecular formula is C7H14F2O2S. The Bertz CT molecular complexity index is 141. The SMILES string of the molecule is CC(CCCS(=O)O)CC(F)F. The van der Waals surface area contributed by atoms with Crippen molar-refractivity contribution in [3.63, 3.8) is 0 Å². The summed E-state index contributed by atoms with van der Waals surface area (Å²) in [5.74, 6) is 0.127. The number of hydrogen-bond donors (Lipinski definition) is 1. The maximum Gasteiger partial charge on any atom is 0.238 e. The molecule has 0 aliphatic rings. The number of hydrogen-bond acceptors (Lipinski definition) is 1. The molecule has 0 saturated carbocycles. The first-order valence-electron chi connectivity index (χ1n) is 3.88. The third-order valence-corrected chi connectivity index (χ3v) is 2.23. The molecule has 2 unspecified atom stereocenters. The number of halogens is 2. The highest BCUT2D eigenvalue weighted by Gasteiger charge is 2.10. The molecule has 0 radical (unpaired) electrons. The molecule has 0 heterocycles. The summed E-state index contributed by atoms with van der Waals surface area (Å²) in [5, 5.41) is 0. The van der Waals surface area contributed by atoms with Gasteiger partial charge in [0.25, 0.3) is 0 Å². The molecule has 0 aromatic rings. The molecule has 0 aromatic heterocycles. The minimum Gasteiger partial charge on any atom is -0.306 e. The lowest BCUT2D eigenvalue weighted by Gasteiger charge is -2.08. The average molecular weight is 200 g/mol. The van der Waals surface area contributed by atoms with Crippen molar-refractivity contribution in [2.45, 2.75) is 32.6 Å². The van der Waals surface area contributed by atoms with E-state index in [4.69, 9.17) is 4.55 Å². The quantitative estimate of drug-likeness (QED) is 0.668. The van der Waals surface area contributed by atoms with E-state index < -0.39 is 17.5 Å². The van der Waals surface area contributed by atoms with Gasteiger partial charge in [-0.25, -0.2) is 13.0 Å². The third kappa shape index (κ3) is 8.07. The van der Waals surface area contributed by atoms with E-state index in [2.05, 4.69) is 0 Å². The van der Waals surface area contributed by atoms with Crippen molar-refractivity contribution in [1.82, 2.24) is 0 Å². The molecule has 1 N–H and O–H groups in total. The average Bonchev–Trinajstić information content (AvgIpc) is 1.84. The lowest BCUT2D eigenvalue weighted by molar-refractivity contribution is 0.116. The lowest BCUT2D eigenvalue weighted by Crippen LogP contribution is -2.04. The van der Waals surface area contributed by atoms with Crippen molar-refractivity contribution < 1.29 is 17.5 Å². The predicted molar refractivity (Wildman–Crippen MR) is 44.7 cm³/mol. The van der Waals surface area contributed by atoms with Gasteiger partial charge in [-0.05, 0) is 18.8 Å². The Hall–Kier alpha value is -0.0300. The Labute approximate surface area is 73.6 Å². The Morgan fingerprint density at radius 3 is 2.50 bits per heavy atom. The van der Waals surface area contributed by atoms with Gasteiger partial charge in [0.15, 0.2) is 11.1 Å². The minimum absolute atomic E-state index is 0.0615. The van der Waals surface area contributed by atoms with Crippen LogP contribution < -0.4 is 0 Å². The van der Waals surface area contributed by atoms with Gasteiger partial charge in [-0.2, -0.15) is 0 Å². The van der Waals surface area contributed by atoms with E-state index in [0.717, 1.165) is 0 Å². The van der Waals surface area contributed by atoms with E-state index in [9.17, 15) is 13.0 Å². The van der Waals surface area contributed by atoms with Crippen LogP contribution in [0.4, 0.5) is 8.78 Å². The normalized spacial score (nSPS) is 16.4. The first kappa shape index (κ1) is 12.0. The van der Waals surface area contributed by atoms with Gasteiger partial charge in [0, 0.05) is 12.2 Å². The molecule has 0 aliphatic carbocycles. The highest BCUT2D eigenvalue weighted by Crippen LogP contribution is 2.15. The van der Waals surface area contributed by atoms with Crippen LogP contribution in [0, 0.1) is 5.92 Å². The maximum absolute atomic E-state index is 11.8. The molecule has 5 heteroatoms. The second-order valence-electron chi connectivity index (χ2n) is 2.90. The summed E-state index contributed by atoms with van der Waals surface area (Å²) in [6.45, 7) is 1.73. The summed E-state index contributed by atoms with van der Waals surface area (Å²) >= 11 is -1.78. The van der Waals surface area contributed by atoms with E-state index in [1.165, 1.54) is 0 Å². The Morgan fingerprint density at radius 2 is 2.08 bits per heavy atom. The Balaban J connectivity index is 3.31. The van der Waals surface area contributed by atoms with Crippen molar-refractivity contribution in [3.05, 3.63) is 0 Å². The fourth-order valence-corrected chi connectivity index (χ4v) is 1.39. The zero-order chi connectivity index (χ0) is 9.56. The van der Waals surface area contributed by atoms with Gasteiger partial charge in [-0.3, -0.25) is 0 Å². The summed E-state index contributed by atoms with van der Waals surface area (Å²) in [7, 11) is 0. The lowest BCUT2D eigenvalue weighted by atomic mass is 10.0. The number of alkyl halides is 2. The Morgan fingerprint density at radius 1 is 1.50 bits per heavy atom. The minimum atomic E-state index is -2.26. The first-order chi connectivity index (χ1) is 5.52. The topological polar surface area (TPSA) is 37.3 Å². The molecule has 12 heavy (non-hydrogen) atoms. The van der Waals surface area contributed by atoms with Gasteiger partial charge in [-0.1, -0.05) is 6.92 Å². The van der Waals surface area contributed by atoms with Crippen LogP contribution in [0.2, 0.25) is 0 Å². The highest BCUT2D eigenvalue weighted by molar-refractivity contribution is 7.79. The highest BCUT2D eigenvalue weighted by atomic mass is 32.2. The first-order valence-corrected chi connectivity index (χ1v) is 5.15. The summed E-state index contributed by atoms with van der Waals surface area (Å²) < 4.78 is 42.1. The van der Waals surface area contributed by atoms with Crippen molar-refractivity contribution in [2.75, 3.05) is 5.75 Å². The molecular weight excluding hydrogens is 186 g/mol. The molecule has 0 bridgehead atoms. The molecule has 0 spiro atoms. The fourth-order valence-electron chi connectivity index (χ4n) is 0.977. The van der Waals surface area contributed by atoms with Gasteiger partial charge >= 0.3 is 0 Å². The summed E-state index contributed by atoms with van der Waals surface area (Å²) in [4.78, 5) is 0. The van der Waals surface area contributed by atoms with Crippen molar-refractivity contribution >= 4 is 11.1 Å². The summed E-state index contributed by atoms with van der Waals surface area (Å²) in [5.41, 5.74) is 0. The van der Waals surface area contributed by atoms with Crippen LogP contribution in [-0.2, 0) is 11.1 Å². The van der Waals surface area contributed by atoms with Gasteiger partial charge in [0.2, 0.25) is 6.43 Å². The van der Waals surface area contributed by atoms with Crippen LogP contribution in [0.5, 0.6) is 0 Å². The van der Waals surface area contributed by atoms with Gasteiger partial charge < -0.3 is 4.55 Å². The van der Waals surface area contributed by atoms with E-state index in [0.29, 0.717) is 12.8 Å². The molecule has 0 rings (SSSR count). The molecule has 2 nitrogen and oxygen atoms in total. The molecule has 0 saturated heterocycles. The van der Waals surface area contributed by atoms with Crippen LogP contribution in [-0.4, -0.2) is 20.9 Å². The van der Waals surface area contributed by atoms with Crippen molar-refractivity contribution in [1.29, 1.82) is 0 Å². The van der Waals surface area contributed by atoms with Crippen LogP contribution in [0.15, 0.2) is 0 Å². The molecule has 0 aliphatic heterocycles. The molecule has 74 valence electrons. The van der Waals surface area contributed by atoms with Gasteiger partial charge in [-0.15, -0.1) is 0 Å². The molecule has 0 aromatic carbocycles. The van der Waals surface area contributed by atoms with Gasteiger partial charge in [0.1, 0.15) is 0 Å². The summed E-state index contributed by atoms with van der Waals surface area (Å²) in [6, 6.07) is 0.